The number of aromatic nitrogens is 2. The van der Waals surface area contributed by atoms with E-state index in [2.05, 4.69) is 5.10 Å². The molecule has 2 aromatic rings. The van der Waals surface area contributed by atoms with Gasteiger partial charge in [-0.2, -0.15) is 18.3 Å². The van der Waals surface area contributed by atoms with Crippen LogP contribution in [0, 0.1) is 3.70 Å². The molecule has 1 aromatic carbocycles. The number of esters is 1. The largest absolute Gasteiger partial charge is 0.493 e. The number of halogens is 4. The summed E-state index contributed by atoms with van der Waals surface area (Å²) in [6.07, 6.45) is -4.56. The Kier molecular flexibility index (Phi) is 6.28. The zero-order valence-electron chi connectivity index (χ0n) is 15.1. The fraction of sp³-hybridized carbons (Fsp3) is 0.412. The topological polar surface area (TPSA) is 62.6 Å². The maximum Gasteiger partial charge on any atom is 0.433 e. The minimum absolute atomic E-state index is 0.145. The molecule has 6 nitrogen and oxygen atoms in total. The van der Waals surface area contributed by atoms with Gasteiger partial charge < -0.3 is 14.2 Å². The molecule has 0 aliphatic heterocycles. The maximum atomic E-state index is 13.2. The number of carbonyl (C=O) groups is 1. The molecule has 0 radical (unpaired) electrons. The van der Waals surface area contributed by atoms with Crippen LogP contribution in [0.1, 0.15) is 26.5 Å². The highest BCUT2D eigenvalue weighted by Crippen LogP contribution is 2.34. The van der Waals surface area contributed by atoms with E-state index in [4.69, 9.17) is 14.2 Å². The Hall–Kier alpha value is -1.98. The van der Waals surface area contributed by atoms with Crippen LogP contribution in [0.2, 0.25) is 0 Å². The van der Waals surface area contributed by atoms with Crippen molar-refractivity contribution in [3.8, 4) is 17.2 Å². The molecular formula is C17H18F3IN2O4. The van der Waals surface area contributed by atoms with Gasteiger partial charge in [-0.3, -0.25) is 0 Å². The molecule has 0 atom stereocenters. The normalized spacial score (nSPS) is 12.0. The first-order valence-electron chi connectivity index (χ1n) is 7.76. The summed E-state index contributed by atoms with van der Waals surface area (Å²) in [5.74, 6) is -0.216. The maximum absolute atomic E-state index is 13.2. The second kappa shape index (κ2) is 7.95. The number of nitrogens with zero attached hydrogens (tertiary/aromatic N) is 2. The first kappa shape index (κ1) is 21.3. The number of carbonyl (C=O) groups excluding carboxylic acids is 1. The minimum Gasteiger partial charge on any atom is -0.493 e. The van der Waals surface area contributed by atoms with E-state index >= 15 is 0 Å². The van der Waals surface area contributed by atoms with Crippen molar-refractivity contribution in [2.75, 3.05) is 13.7 Å². The first-order valence-corrected chi connectivity index (χ1v) is 8.84. The van der Waals surface area contributed by atoms with Crippen LogP contribution in [0.25, 0.3) is 5.69 Å². The van der Waals surface area contributed by atoms with Gasteiger partial charge in [-0.25, -0.2) is 9.48 Å². The van der Waals surface area contributed by atoms with Crippen LogP contribution in [-0.4, -0.2) is 35.1 Å². The van der Waals surface area contributed by atoms with E-state index in [-0.39, 0.29) is 27.5 Å². The molecule has 0 N–H and O–H groups in total. The van der Waals surface area contributed by atoms with Crippen molar-refractivity contribution in [3.05, 3.63) is 33.7 Å². The molecule has 2 rings (SSSR count). The lowest BCUT2D eigenvalue weighted by Crippen LogP contribution is -2.27. The molecule has 0 aliphatic rings. The number of benzene rings is 1. The number of hydrogen-bond acceptors (Lipinski definition) is 5. The van der Waals surface area contributed by atoms with E-state index in [0.29, 0.717) is 0 Å². The zero-order chi connectivity index (χ0) is 20.4. The molecule has 27 heavy (non-hydrogen) atoms. The van der Waals surface area contributed by atoms with Crippen LogP contribution < -0.4 is 9.47 Å². The highest BCUT2D eigenvalue weighted by molar-refractivity contribution is 14.1. The summed E-state index contributed by atoms with van der Waals surface area (Å²) in [5.41, 5.74) is -1.41. The zero-order valence-corrected chi connectivity index (χ0v) is 17.2. The fourth-order valence-corrected chi connectivity index (χ4v) is 2.68. The van der Waals surface area contributed by atoms with Crippen LogP contribution in [0.3, 0.4) is 0 Å². The average molecular weight is 498 g/mol. The lowest BCUT2D eigenvalue weighted by molar-refractivity contribution is -0.157. The standard InChI is InChI=1S/C17H18F3IN2O4/c1-16(2,3)27-15(24)9-26-11-6-5-10(7-12(11)25-4)23-13(17(18,19)20)8-14(21)22-23/h5-8H,9H2,1-4H3. The Balaban J connectivity index is 2.26. The summed E-state index contributed by atoms with van der Waals surface area (Å²) in [6, 6.07) is 5.10. The summed E-state index contributed by atoms with van der Waals surface area (Å²) < 4.78 is 56.2. The van der Waals surface area contributed by atoms with Crippen molar-refractivity contribution in [2.45, 2.75) is 32.5 Å². The Morgan fingerprint density at radius 3 is 2.41 bits per heavy atom. The van der Waals surface area contributed by atoms with Gasteiger partial charge in [0.1, 0.15) is 15.0 Å². The molecule has 10 heteroatoms. The summed E-state index contributed by atoms with van der Waals surface area (Å²) in [7, 11) is 1.34. The van der Waals surface area contributed by atoms with E-state index < -0.39 is 23.4 Å². The number of alkyl halides is 3. The first-order chi connectivity index (χ1) is 12.4. The third-order valence-corrected chi connectivity index (χ3v) is 3.65. The van der Waals surface area contributed by atoms with Crippen molar-refractivity contribution in [1.82, 2.24) is 9.78 Å². The second-order valence-corrected chi connectivity index (χ2v) is 7.58. The highest BCUT2D eigenvalue weighted by Gasteiger charge is 2.36. The number of hydrogen-bond donors (Lipinski definition) is 0. The third kappa shape index (κ3) is 5.75. The molecule has 148 valence electrons. The average Bonchev–Trinajstić information content (AvgIpc) is 2.93. The van der Waals surface area contributed by atoms with Crippen molar-refractivity contribution in [1.29, 1.82) is 0 Å². The quantitative estimate of drug-likeness (QED) is 0.457. The lowest BCUT2D eigenvalue weighted by Gasteiger charge is -2.20. The number of methoxy groups -OCH3 is 1. The van der Waals surface area contributed by atoms with Crippen LogP contribution in [-0.2, 0) is 15.7 Å². The van der Waals surface area contributed by atoms with Gasteiger partial charge in [0.05, 0.1) is 12.8 Å². The van der Waals surface area contributed by atoms with Crippen LogP contribution in [0.5, 0.6) is 11.5 Å². The van der Waals surface area contributed by atoms with Gasteiger partial charge in [0.2, 0.25) is 0 Å². The molecule has 0 amide bonds. The molecule has 0 unspecified atom stereocenters. The van der Waals surface area contributed by atoms with E-state index in [1.54, 1.807) is 43.4 Å². The van der Waals surface area contributed by atoms with Gasteiger partial charge in [0.15, 0.2) is 18.1 Å². The Labute approximate surface area is 167 Å². The SMILES string of the molecule is COc1cc(-n2nc(I)cc2C(F)(F)F)ccc1OCC(=O)OC(C)(C)C. The van der Waals surface area contributed by atoms with E-state index in [1.807, 2.05) is 0 Å². The molecule has 1 heterocycles. The second-order valence-electron chi connectivity index (χ2n) is 6.47. The summed E-state index contributed by atoms with van der Waals surface area (Å²) in [6.45, 7) is 4.82. The van der Waals surface area contributed by atoms with Gasteiger partial charge >= 0.3 is 12.1 Å². The molecule has 0 spiro atoms. The Morgan fingerprint density at radius 1 is 1.19 bits per heavy atom. The van der Waals surface area contributed by atoms with Crippen molar-refractivity contribution in [2.24, 2.45) is 0 Å². The smallest absolute Gasteiger partial charge is 0.433 e. The van der Waals surface area contributed by atoms with Gasteiger partial charge in [-0.05, 0) is 55.5 Å². The van der Waals surface area contributed by atoms with E-state index in [0.717, 1.165) is 10.7 Å². The summed E-state index contributed by atoms with van der Waals surface area (Å²) in [4.78, 5) is 11.7. The van der Waals surface area contributed by atoms with Gasteiger partial charge in [0.25, 0.3) is 0 Å². The fourth-order valence-electron chi connectivity index (χ4n) is 2.17. The van der Waals surface area contributed by atoms with Crippen molar-refractivity contribution in [3.63, 3.8) is 0 Å². The van der Waals surface area contributed by atoms with Crippen LogP contribution in [0.4, 0.5) is 13.2 Å². The lowest BCUT2D eigenvalue weighted by atomic mass is 10.2. The molecule has 1 aromatic heterocycles. The summed E-state index contributed by atoms with van der Waals surface area (Å²) in [5, 5.41) is 3.88. The number of ether oxygens (including phenoxy) is 3. The third-order valence-electron chi connectivity index (χ3n) is 3.13. The van der Waals surface area contributed by atoms with Crippen molar-refractivity contribution >= 4 is 28.6 Å². The minimum atomic E-state index is -4.56. The monoisotopic (exact) mass is 498 g/mol. The van der Waals surface area contributed by atoms with Gasteiger partial charge in [-0.15, -0.1) is 0 Å². The molecule has 0 aliphatic carbocycles. The molecule has 0 fully saturated rings. The Bertz CT molecular complexity index is 829. The van der Waals surface area contributed by atoms with Gasteiger partial charge in [0, 0.05) is 12.1 Å². The molecular weight excluding hydrogens is 480 g/mol. The summed E-state index contributed by atoms with van der Waals surface area (Å²) >= 11 is 1.71. The predicted octanol–water partition coefficient (Wildman–Crippen LogP) is 4.22. The molecule has 0 bridgehead atoms. The number of rotatable bonds is 5. The van der Waals surface area contributed by atoms with Crippen LogP contribution in [0.15, 0.2) is 24.3 Å². The molecule has 0 saturated carbocycles. The van der Waals surface area contributed by atoms with E-state index in [1.165, 1.54) is 25.3 Å². The highest BCUT2D eigenvalue weighted by atomic mass is 127. The Morgan fingerprint density at radius 2 is 1.85 bits per heavy atom. The van der Waals surface area contributed by atoms with Gasteiger partial charge in [-0.1, -0.05) is 0 Å². The van der Waals surface area contributed by atoms with Crippen molar-refractivity contribution < 1.29 is 32.2 Å². The molecule has 0 saturated heterocycles. The predicted molar refractivity (Wildman–Crippen MR) is 99.2 cm³/mol. The van der Waals surface area contributed by atoms with Crippen LogP contribution >= 0.6 is 22.6 Å². The van der Waals surface area contributed by atoms with E-state index in [9.17, 15) is 18.0 Å².